The zero-order chi connectivity index (χ0) is 14.3. The lowest BCUT2D eigenvalue weighted by atomic mass is 10.0. The van der Waals surface area contributed by atoms with Crippen LogP contribution in [-0.2, 0) is 6.42 Å². The second-order valence-electron chi connectivity index (χ2n) is 4.71. The maximum Gasteiger partial charge on any atom is 0.251 e. The fourth-order valence-electron chi connectivity index (χ4n) is 1.78. The highest BCUT2D eigenvalue weighted by atomic mass is 32.1. The van der Waals surface area contributed by atoms with Gasteiger partial charge in [0.2, 0.25) is 0 Å². The van der Waals surface area contributed by atoms with Crippen molar-refractivity contribution >= 4 is 23.1 Å². The number of rotatable bonds is 7. The Labute approximate surface area is 120 Å². The first-order chi connectivity index (χ1) is 9.00. The highest BCUT2D eigenvalue weighted by molar-refractivity contribution is 7.80. The number of amides is 1. The van der Waals surface area contributed by atoms with Crippen molar-refractivity contribution in [2.45, 2.75) is 12.8 Å². The molecule has 1 aromatic carbocycles. The Hall–Kier alpha value is -1.46. The van der Waals surface area contributed by atoms with E-state index < -0.39 is 0 Å². The van der Waals surface area contributed by atoms with Crippen molar-refractivity contribution in [1.82, 2.24) is 10.2 Å². The Morgan fingerprint density at radius 1 is 1.37 bits per heavy atom. The topological polar surface area (TPSA) is 58.4 Å². The lowest BCUT2D eigenvalue weighted by molar-refractivity contribution is 0.0951. The number of carbonyl (C=O) groups excluding carboxylic acids is 1. The van der Waals surface area contributed by atoms with E-state index in [2.05, 4.69) is 10.2 Å². The third kappa shape index (κ3) is 5.81. The van der Waals surface area contributed by atoms with Gasteiger partial charge in [-0.15, -0.1) is 0 Å². The molecule has 1 amide bonds. The Kier molecular flexibility index (Phi) is 6.45. The lowest BCUT2D eigenvalue weighted by Crippen LogP contribution is -2.28. The highest BCUT2D eigenvalue weighted by Crippen LogP contribution is 2.09. The van der Waals surface area contributed by atoms with Crippen LogP contribution < -0.4 is 11.1 Å². The first-order valence-electron chi connectivity index (χ1n) is 6.30. The van der Waals surface area contributed by atoms with Crippen LogP contribution in [0.4, 0.5) is 0 Å². The molecule has 0 heterocycles. The minimum absolute atomic E-state index is 0.0643. The number of hydrogen-bond donors (Lipinski definition) is 2. The molecule has 4 nitrogen and oxygen atoms in total. The minimum Gasteiger partial charge on any atom is -0.393 e. The van der Waals surface area contributed by atoms with Crippen molar-refractivity contribution < 1.29 is 4.79 Å². The van der Waals surface area contributed by atoms with Gasteiger partial charge in [0, 0.05) is 18.5 Å². The normalized spacial score (nSPS) is 10.5. The zero-order valence-corrected chi connectivity index (χ0v) is 12.3. The number of nitrogens with one attached hydrogen (secondary N) is 1. The summed E-state index contributed by atoms with van der Waals surface area (Å²) in [5.41, 5.74) is 7.07. The molecule has 1 aromatic rings. The molecule has 3 N–H and O–H groups in total. The summed E-state index contributed by atoms with van der Waals surface area (Å²) in [4.78, 5) is 14.6. The Morgan fingerprint density at radius 3 is 2.68 bits per heavy atom. The summed E-state index contributed by atoms with van der Waals surface area (Å²) in [6.07, 6.45) is 1.38. The van der Waals surface area contributed by atoms with Crippen molar-refractivity contribution in [1.29, 1.82) is 0 Å². The number of hydrogen-bond acceptors (Lipinski definition) is 3. The van der Waals surface area contributed by atoms with Crippen LogP contribution in [0.15, 0.2) is 24.3 Å². The van der Waals surface area contributed by atoms with Crippen LogP contribution in [-0.4, -0.2) is 43.0 Å². The summed E-state index contributed by atoms with van der Waals surface area (Å²) in [5, 5.41) is 2.92. The summed E-state index contributed by atoms with van der Waals surface area (Å²) in [5.74, 6) is -0.0643. The fourth-order valence-corrected chi connectivity index (χ4v) is 1.93. The summed E-state index contributed by atoms with van der Waals surface area (Å²) < 4.78 is 0. The van der Waals surface area contributed by atoms with E-state index in [9.17, 15) is 4.79 Å². The first kappa shape index (κ1) is 15.6. The van der Waals surface area contributed by atoms with E-state index in [-0.39, 0.29) is 5.91 Å². The molecule has 0 radical (unpaired) electrons. The van der Waals surface area contributed by atoms with Gasteiger partial charge < -0.3 is 16.0 Å². The van der Waals surface area contributed by atoms with Gasteiger partial charge in [0.1, 0.15) is 0 Å². The fraction of sp³-hybridized carbons (Fsp3) is 0.429. The van der Waals surface area contributed by atoms with Crippen molar-refractivity contribution in [2.24, 2.45) is 5.73 Å². The van der Waals surface area contributed by atoms with Crippen LogP contribution in [0.1, 0.15) is 22.3 Å². The molecular formula is C14H21N3OS. The summed E-state index contributed by atoms with van der Waals surface area (Å²) in [6, 6.07) is 7.41. The van der Waals surface area contributed by atoms with Gasteiger partial charge in [-0.25, -0.2) is 0 Å². The molecule has 0 unspecified atom stereocenters. The Bertz CT molecular complexity index is 446. The van der Waals surface area contributed by atoms with Gasteiger partial charge in [0.15, 0.2) is 0 Å². The second kappa shape index (κ2) is 7.86. The Balaban J connectivity index is 2.58. The summed E-state index contributed by atoms with van der Waals surface area (Å²) >= 11 is 4.90. The first-order valence-corrected chi connectivity index (χ1v) is 6.70. The smallest absolute Gasteiger partial charge is 0.251 e. The van der Waals surface area contributed by atoms with Crippen LogP contribution >= 0.6 is 12.2 Å². The quantitative estimate of drug-likeness (QED) is 0.581. The molecule has 0 spiro atoms. The van der Waals surface area contributed by atoms with Gasteiger partial charge in [0.25, 0.3) is 5.91 Å². The van der Waals surface area contributed by atoms with E-state index in [1.165, 1.54) is 0 Å². The van der Waals surface area contributed by atoms with Crippen molar-refractivity contribution in [2.75, 3.05) is 27.2 Å². The summed E-state index contributed by atoms with van der Waals surface area (Å²) in [7, 11) is 4.03. The van der Waals surface area contributed by atoms with Crippen LogP contribution in [0, 0.1) is 0 Å². The van der Waals surface area contributed by atoms with E-state index in [1.54, 1.807) is 6.07 Å². The van der Waals surface area contributed by atoms with E-state index in [4.69, 9.17) is 18.0 Å². The number of carbonyl (C=O) groups is 1. The van der Waals surface area contributed by atoms with Gasteiger partial charge in [-0.05, 0) is 38.7 Å². The van der Waals surface area contributed by atoms with Gasteiger partial charge in [0.05, 0.1) is 4.99 Å². The maximum atomic E-state index is 12.1. The van der Waals surface area contributed by atoms with Crippen molar-refractivity contribution in [3.05, 3.63) is 35.4 Å². The molecule has 104 valence electrons. The summed E-state index contributed by atoms with van der Waals surface area (Å²) in [6.45, 7) is 1.62. The molecule has 1 rings (SSSR count). The SMILES string of the molecule is CN(C)CCCNC(=O)c1ccccc1CC(N)=S. The molecule has 19 heavy (non-hydrogen) atoms. The number of thiocarbonyl (C=S) groups is 1. The van der Waals surface area contributed by atoms with Crippen LogP contribution in [0.5, 0.6) is 0 Å². The van der Waals surface area contributed by atoms with Crippen molar-refractivity contribution in [3.8, 4) is 0 Å². The molecule has 0 fully saturated rings. The van der Waals surface area contributed by atoms with Gasteiger partial charge in [-0.1, -0.05) is 30.4 Å². The van der Waals surface area contributed by atoms with Gasteiger partial charge in [-0.3, -0.25) is 4.79 Å². The predicted octanol–water partition coefficient (Wildman–Crippen LogP) is 1.20. The molecule has 0 saturated heterocycles. The molecular weight excluding hydrogens is 258 g/mol. The average molecular weight is 279 g/mol. The van der Waals surface area contributed by atoms with Crippen LogP contribution in [0.2, 0.25) is 0 Å². The monoisotopic (exact) mass is 279 g/mol. The molecule has 0 atom stereocenters. The Morgan fingerprint density at radius 2 is 2.05 bits per heavy atom. The lowest BCUT2D eigenvalue weighted by Gasteiger charge is -2.11. The molecule has 0 saturated carbocycles. The number of benzene rings is 1. The largest absolute Gasteiger partial charge is 0.393 e. The molecule has 5 heteroatoms. The van der Waals surface area contributed by atoms with Crippen LogP contribution in [0.3, 0.4) is 0 Å². The van der Waals surface area contributed by atoms with E-state index in [1.807, 2.05) is 32.3 Å². The second-order valence-corrected chi connectivity index (χ2v) is 5.24. The van der Waals surface area contributed by atoms with E-state index in [0.717, 1.165) is 18.5 Å². The molecule has 0 aliphatic rings. The number of nitrogens with zero attached hydrogens (tertiary/aromatic N) is 1. The third-order valence-corrected chi connectivity index (χ3v) is 2.84. The zero-order valence-electron chi connectivity index (χ0n) is 11.5. The predicted molar refractivity (Wildman–Crippen MR) is 82.4 cm³/mol. The maximum absolute atomic E-state index is 12.1. The van der Waals surface area contributed by atoms with Gasteiger partial charge in [-0.2, -0.15) is 0 Å². The van der Waals surface area contributed by atoms with Gasteiger partial charge >= 0.3 is 0 Å². The van der Waals surface area contributed by atoms with Crippen molar-refractivity contribution in [3.63, 3.8) is 0 Å². The van der Waals surface area contributed by atoms with E-state index >= 15 is 0 Å². The van der Waals surface area contributed by atoms with Crippen LogP contribution in [0.25, 0.3) is 0 Å². The third-order valence-electron chi connectivity index (χ3n) is 2.69. The van der Waals surface area contributed by atoms with E-state index in [0.29, 0.717) is 23.5 Å². The molecule has 0 aliphatic carbocycles. The minimum atomic E-state index is -0.0643. The molecule has 0 aliphatic heterocycles. The molecule has 0 bridgehead atoms. The average Bonchev–Trinajstić information content (AvgIpc) is 2.34. The standard InChI is InChI=1S/C14H21N3OS/c1-17(2)9-5-8-16-14(18)12-7-4-3-6-11(12)10-13(15)19/h3-4,6-7H,5,8-10H2,1-2H3,(H2,15,19)(H,16,18). The highest BCUT2D eigenvalue weighted by Gasteiger charge is 2.10. The number of nitrogens with two attached hydrogens (primary N) is 1. The molecule has 0 aromatic heterocycles.